The van der Waals surface area contributed by atoms with Crippen LogP contribution in [-0.2, 0) is 6.54 Å². The largest absolute Gasteiger partial charge is 0.309 e. The van der Waals surface area contributed by atoms with Crippen molar-refractivity contribution in [2.24, 2.45) is 5.92 Å². The van der Waals surface area contributed by atoms with Gasteiger partial charge < -0.3 is 10.2 Å². The summed E-state index contributed by atoms with van der Waals surface area (Å²) in [5.41, 5.74) is 0.686. The van der Waals surface area contributed by atoms with Gasteiger partial charge in [0.25, 0.3) is 0 Å². The number of piperidine rings is 1. The predicted octanol–water partition coefficient (Wildman–Crippen LogP) is 2.91. The Morgan fingerprint density at radius 2 is 2.28 bits per heavy atom. The van der Waals surface area contributed by atoms with Crippen LogP contribution in [-0.4, -0.2) is 31.1 Å². The molecule has 0 aromatic heterocycles. The van der Waals surface area contributed by atoms with Gasteiger partial charge in [0.2, 0.25) is 0 Å². The Morgan fingerprint density at radius 1 is 1.50 bits per heavy atom. The lowest BCUT2D eigenvalue weighted by atomic mass is 9.94. The minimum atomic E-state index is -0.226. The molecule has 0 aliphatic carbocycles. The molecule has 0 spiro atoms. The van der Waals surface area contributed by atoms with Crippen LogP contribution in [0.1, 0.15) is 18.9 Å². The zero-order valence-electron chi connectivity index (χ0n) is 10.9. The normalized spacial score (nSPS) is 25.3. The highest BCUT2D eigenvalue weighted by atomic mass is 35.5. The fourth-order valence-corrected chi connectivity index (χ4v) is 2.72. The van der Waals surface area contributed by atoms with E-state index in [0.29, 0.717) is 29.1 Å². The second-order valence-electron chi connectivity index (χ2n) is 5.25. The molecule has 1 heterocycles. The molecule has 1 fully saturated rings. The molecule has 2 unspecified atom stereocenters. The van der Waals surface area contributed by atoms with E-state index in [0.717, 1.165) is 19.5 Å². The van der Waals surface area contributed by atoms with Crippen LogP contribution in [0.25, 0.3) is 0 Å². The van der Waals surface area contributed by atoms with E-state index in [1.165, 1.54) is 6.07 Å². The lowest BCUT2D eigenvalue weighted by molar-refractivity contribution is 0.174. The van der Waals surface area contributed by atoms with Gasteiger partial charge in [-0.1, -0.05) is 24.6 Å². The first-order valence-electron chi connectivity index (χ1n) is 6.42. The quantitative estimate of drug-likeness (QED) is 0.909. The molecule has 1 saturated heterocycles. The monoisotopic (exact) mass is 270 g/mol. The molecular formula is C14H20ClFN2. The fraction of sp³-hybridized carbons (Fsp3) is 0.571. The summed E-state index contributed by atoms with van der Waals surface area (Å²) in [6.45, 7) is 5.01. The van der Waals surface area contributed by atoms with Crippen molar-refractivity contribution < 1.29 is 4.39 Å². The zero-order chi connectivity index (χ0) is 13.1. The summed E-state index contributed by atoms with van der Waals surface area (Å²) in [7, 11) is 2.14. The molecule has 1 aliphatic heterocycles. The summed E-state index contributed by atoms with van der Waals surface area (Å²) >= 11 is 5.74. The summed E-state index contributed by atoms with van der Waals surface area (Å²) in [4.78, 5) is 2.34. The van der Waals surface area contributed by atoms with Crippen LogP contribution < -0.4 is 5.32 Å². The summed E-state index contributed by atoms with van der Waals surface area (Å²) in [6.07, 6.45) is 1.12. The molecule has 1 aliphatic rings. The van der Waals surface area contributed by atoms with Crippen LogP contribution in [0, 0.1) is 11.7 Å². The molecule has 1 aromatic rings. The van der Waals surface area contributed by atoms with E-state index < -0.39 is 0 Å². The average molecular weight is 271 g/mol. The molecule has 2 rings (SSSR count). The second-order valence-corrected chi connectivity index (χ2v) is 5.69. The van der Waals surface area contributed by atoms with E-state index in [4.69, 9.17) is 11.6 Å². The van der Waals surface area contributed by atoms with Crippen molar-refractivity contribution in [1.82, 2.24) is 10.2 Å². The van der Waals surface area contributed by atoms with Gasteiger partial charge in [-0.3, -0.25) is 0 Å². The number of nitrogens with zero attached hydrogens (tertiary/aromatic N) is 1. The van der Waals surface area contributed by atoms with Crippen molar-refractivity contribution >= 4 is 11.6 Å². The second kappa shape index (κ2) is 6.00. The standard InChI is InChI=1S/C14H20ClFN2/c1-10-9-18(2)6-5-14(10)17-8-11-3-4-12(15)7-13(11)16/h3-4,7,10,14,17H,5-6,8-9H2,1-2H3. The highest BCUT2D eigenvalue weighted by Gasteiger charge is 2.23. The third kappa shape index (κ3) is 3.44. The maximum Gasteiger partial charge on any atom is 0.129 e. The van der Waals surface area contributed by atoms with Gasteiger partial charge in [-0.15, -0.1) is 0 Å². The topological polar surface area (TPSA) is 15.3 Å². The van der Waals surface area contributed by atoms with E-state index in [2.05, 4.69) is 24.2 Å². The molecule has 1 N–H and O–H groups in total. The van der Waals surface area contributed by atoms with Crippen LogP contribution in [0.3, 0.4) is 0 Å². The van der Waals surface area contributed by atoms with Crippen molar-refractivity contribution in [3.63, 3.8) is 0 Å². The Morgan fingerprint density at radius 3 is 2.94 bits per heavy atom. The molecule has 0 saturated carbocycles. The number of hydrogen-bond donors (Lipinski definition) is 1. The SMILES string of the molecule is CC1CN(C)CCC1NCc1ccc(Cl)cc1F. The predicted molar refractivity (Wildman–Crippen MR) is 73.3 cm³/mol. The number of nitrogens with one attached hydrogen (secondary N) is 1. The van der Waals surface area contributed by atoms with E-state index in [9.17, 15) is 4.39 Å². The van der Waals surface area contributed by atoms with Crippen molar-refractivity contribution in [3.05, 3.63) is 34.6 Å². The smallest absolute Gasteiger partial charge is 0.129 e. The van der Waals surface area contributed by atoms with Gasteiger partial charge in [0.15, 0.2) is 0 Å². The molecule has 0 amide bonds. The lowest BCUT2D eigenvalue weighted by Crippen LogP contribution is -2.46. The molecule has 18 heavy (non-hydrogen) atoms. The van der Waals surface area contributed by atoms with Gasteiger partial charge in [-0.2, -0.15) is 0 Å². The molecular weight excluding hydrogens is 251 g/mol. The number of halogens is 2. The Labute approximate surface area is 113 Å². The summed E-state index contributed by atoms with van der Waals surface area (Å²) in [6, 6.07) is 5.33. The highest BCUT2D eigenvalue weighted by Crippen LogP contribution is 2.18. The number of likely N-dealkylation sites (tertiary alicyclic amines) is 1. The van der Waals surface area contributed by atoms with Gasteiger partial charge in [-0.25, -0.2) is 4.39 Å². The summed E-state index contributed by atoms with van der Waals surface area (Å²) in [5, 5.41) is 3.91. The zero-order valence-corrected chi connectivity index (χ0v) is 11.7. The van der Waals surface area contributed by atoms with Crippen molar-refractivity contribution in [2.75, 3.05) is 20.1 Å². The molecule has 0 bridgehead atoms. The number of hydrogen-bond acceptors (Lipinski definition) is 2. The minimum absolute atomic E-state index is 0.226. The Kier molecular flexibility index (Phi) is 4.60. The first-order valence-corrected chi connectivity index (χ1v) is 6.80. The average Bonchev–Trinajstić information content (AvgIpc) is 2.30. The van der Waals surface area contributed by atoms with Gasteiger partial charge in [-0.05, 0) is 38.1 Å². The lowest BCUT2D eigenvalue weighted by Gasteiger charge is -2.35. The summed E-state index contributed by atoms with van der Waals surface area (Å²) < 4.78 is 13.6. The van der Waals surface area contributed by atoms with E-state index >= 15 is 0 Å². The third-order valence-corrected chi connectivity index (χ3v) is 3.91. The van der Waals surface area contributed by atoms with E-state index in [-0.39, 0.29) is 5.82 Å². The Bertz CT molecular complexity index is 411. The highest BCUT2D eigenvalue weighted by molar-refractivity contribution is 6.30. The van der Waals surface area contributed by atoms with Crippen LogP contribution >= 0.6 is 11.6 Å². The van der Waals surface area contributed by atoms with Crippen LogP contribution in [0.4, 0.5) is 4.39 Å². The number of benzene rings is 1. The van der Waals surface area contributed by atoms with Crippen LogP contribution in [0.15, 0.2) is 18.2 Å². The van der Waals surface area contributed by atoms with Gasteiger partial charge in [0.1, 0.15) is 5.82 Å². The summed E-state index contributed by atoms with van der Waals surface area (Å²) in [5.74, 6) is 0.370. The van der Waals surface area contributed by atoms with Crippen LogP contribution in [0.5, 0.6) is 0 Å². The Hall–Kier alpha value is -0.640. The first-order chi connectivity index (χ1) is 8.56. The molecule has 0 radical (unpaired) electrons. The number of rotatable bonds is 3. The maximum atomic E-state index is 13.6. The van der Waals surface area contributed by atoms with Gasteiger partial charge in [0.05, 0.1) is 0 Å². The van der Waals surface area contributed by atoms with Gasteiger partial charge >= 0.3 is 0 Å². The van der Waals surface area contributed by atoms with Gasteiger partial charge in [0, 0.05) is 29.7 Å². The molecule has 1 aromatic carbocycles. The molecule has 4 heteroatoms. The van der Waals surface area contributed by atoms with Crippen LogP contribution in [0.2, 0.25) is 5.02 Å². The van der Waals surface area contributed by atoms with E-state index in [1.807, 2.05) is 0 Å². The maximum absolute atomic E-state index is 13.6. The Balaban J connectivity index is 1.91. The first kappa shape index (κ1) is 13.8. The molecule has 2 nitrogen and oxygen atoms in total. The third-order valence-electron chi connectivity index (χ3n) is 3.68. The van der Waals surface area contributed by atoms with E-state index in [1.54, 1.807) is 12.1 Å². The minimum Gasteiger partial charge on any atom is -0.309 e. The van der Waals surface area contributed by atoms with Crippen molar-refractivity contribution in [2.45, 2.75) is 25.9 Å². The van der Waals surface area contributed by atoms with Crippen molar-refractivity contribution in [3.8, 4) is 0 Å². The fourth-order valence-electron chi connectivity index (χ4n) is 2.56. The van der Waals surface area contributed by atoms with Crippen molar-refractivity contribution in [1.29, 1.82) is 0 Å². The molecule has 100 valence electrons. The molecule has 2 atom stereocenters.